The first-order valence-corrected chi connectivity index (χ1v) is 10.5. The maximum Gasteiger partial charge on any atom is 0.446 e. The van der Waals surface area contributed by atoms with Crippen LogP contribution in [-0.4, -0.2) is 38.9 Å². The van der Waals surface area contributed by atoms with Crippen molar-refractivity contribution < 1.29 is 27.2 Å². The molecule has 6 nitrogen and oxygen atoms in total. The number of nitrogens with one attached hydrogen (secondary N) is 1. The average molecular weight is 470 g/mol. The number of urea groups is 1. The number of rotatable bonds is 6. The molecule has 1 aromatic heterocycles. The number of alkyl halides is 3. The lowest BCUT2D eigenvalue weighted by atomic mass is 10.0. The van der Waals surface area contributed by atoms with Crippen LogP contribution in [0, 0.1) is 5.82 Å². The second-order valence-electron chi connectivity index (χ2n) is 8.04. The van der Waals surface area contributed by atoms with Crippen LogP contribution in [0.5, 0.6) is 0 Å². The summed E-state index contributed by atoms with van der Waals surface area (Å²) in [5.41, 5.74) is -5.43. The minimum atomic E-state index is -4.45. The molecule has 0 aliphatic carbocycles. The Morgan fingerprint density at radius 3 is 2.31 bits per heavy atom. The Kier molecular flexibility index (Phi) is 6.41. The highest BCUT2D eigenvalue weighted by Gasteiger charge is 2.52. The van der Waals surface area contributed by atoms with Gasteiger partial charge in [-0.2, -0.15) is 13.2 Å². The van der Waals surface area contributed by atoms with Gasteiger partial charge in [0.15, 0.2) is 11.6 Å². The smallest absolute Gasteiger partial charge is 0.365 e. The predicted octanol–water partition coefficient (Wildman–Crippen LogP) is 5.40. The summed E-state index contributed by atoms with van der Waals surface area (Å²) < 4.78 is 52.6. The number of imide groups is 1. The van der Waals surface area contributed by atoms with Crippen molar-refractivity contribution in [1.29, 1.82) is 0 Å². The van der Waals surface area contributed by atoms with E-state index in [1.165, 1.54) is 55.3 Å². The van der Waals surface area contributed by atoms with Gasteiger partial charge in [0, 0.05) is 22.7 Å². The molecular weight excluding hydrogens is 448 g/mol. The normalized spacial score (nSPS) is 16.3. The zero-order valence-electron chi connectivity index (χ0n) is 17.8. The van der Waals surface area contributed by atoms with Crippen LogP contribution in [0.2, 0.25) is 0 Å². The number of pyridine rings is 1. The summed E-state index contributed by atoms with van der Waals surface area (Å²) in [7, 11) is 0. The molecule has 172 valence electrons. The third-order valence-electron chi connectivity index (χ3n) is 4.87. The fourth-order valence-corrected chi connectivity index (χ4v) is 3.82. The van der Waals surface area contributed by atoms with Gasteiger partial charge < -0.3 is 10.2 Å². The Hall–Kier alpha value is -2.82. The quantitative estimate of drug-likeness (QED) is 0.348. The molecule has 0 unspecified atom stereocenters. The lowest BCUT2D eigenvalue weighted by Gasteiger charge is -2.28. The molecule has 11 heteroatoms. The van der Waals surface area contributed by atoms with Crippen molar-refractivity contribution in [2.75, 3.05) is 10.2 Å². The van der Waals surface area contributed by atoms with E-state index in [0.29, 0.717) is 0 Å². The van der Waals surface area contributed by atoms with Gasteiger partial charge in [0.25, 0.3) is 5.91 Å². The maximum atomic E-state index is 14.9. The molecule has 1 N–H and O–H groups in total. The number of aromatic nitrogens is 1. The van der Waals surface area contributed by atoms with E-state index in [1.54, 1.807) is 0 Å². The summed E-state index contributed by atoms with van der Waals surface area (Å²) in [6.07, 6.45) is 1.41. The molecule has 1 aromatic carbocycles. The minimum absolute atomic E-state index is 0.0443. The van der Waals surface area contributed by atoms with E-state index in [9.17, 15) is 27.2 Å². The monoisotopic (exact) mass is 470 g/mol. The summed E-state index contributed by atoms with van der Waals surface area (Å²) in [5, 5.41) is 2.89. The third-order valence-corrected chi connectivity index (χ3v) is 5.61. The zero-order chi connectivity index (χ0) is 23.8. The van der Waals surface area contributed by atoms with Crippen molar-refractivity contribution in [3.8, 4) is 0 Å². The van der Waals surface area contributed by atoms with E-state index in [4.69, 9.17) is 0 Å². The van der Waals surface area contributed by atoms with E-state index in [-0.39, 0.29) is 46.3 Å². The van der Waals surface area contributed by atoms with Crippen molar-refractivity contribution in [3.05, 3.63) is 47.9 Å². The van der Waals surface area contributed by atoms with Gasteiger partial charge in [-0.25, -0.2) is 19.1 Å². The standard InChI is InChI=1S/C21H22F4N4O2S/c1-12(2)27-17-16(22)13(9-10-26-17)11-28-19(31)29(18(30)20(28,3)4)14-5-7-15(8-6-14)32-21(23,24)25/h5-10,12H,11H2,1-4H3,(H,26,27). The van der Waals surface area contributed by atoms with Crippen LogP contribution >= 0.6 is 11.8 Å². The van der Waals surface area contributed by atoms with Crippen molar-refractivity contribution in [1.82, 2.24) is 9.88 Å². The van der Waals surface area contributed by atoms with Gasteiger partial charge in [-0.1, -0.05) is 0 Å². The number of benzene rings is 1. The number of nitrogens with zero attached hydrogens (tertiary/aromatic N) is 3. The molecular formula is C21H22F4N4O2S. The lowest BCUT2D eigenvalue weighted by Crippen LogP contribution is -2.43. The van der Waals surface area contributed by atoms with Gasteiger partial charge in [0.1, 0.15) is 5.54 Å². The highest BCUT2D eigenvalue weighted by molar-refractivity contribution is 8.00. The Morgan fingerprint density at radius 2 is 1.75 bits per heavy atom. The van der Waals surface area contributed by atoms with Crippen LogP contribution in [0.4, 0.5) is 33.9 Å². The van der Waals surface area contributed by atoms with Crippen LogP contribution in [0.1, 0.15) is 33.3 Å². The second kappa shape index (κ2) is 8.61. The van der Waals surface area contributed by atoms with E-state index >= 15 is 0 Å². The summed E-state index contributed by atoms with van der Waals surface area (Å²) >= 11 is -0.290. The topological polar surface area (TPSA) is 65.5 Å². The van der Waals surface area contributed by atoms with Gasteiger partial charge in [-0.3, -0.25) is 4.79 Å². The van der Waals surface area contributed by atoms with Crippen LogP contribution in [0.25, 0.3) is 0 Å². The number of halogens is 4. The molecule has 2 aromatic rings. The molecule has 3 amide bonds. The molecule has 0 atom stereocenters. The van der Waals surface area contributed by atoms with Crippen LogP contribution in [-0.2, 0) is 11.3 Å². The number of carbonyl (C=O) groups is 2. The molecule has 0 spiro atoms. The molecule has 32 heavy (non-hydrogen) atoms. The summed E-state index contributed by atoms with van der Waals surface area (Å²) in [6.45, 7) is 6.55. The van der Waals surface area contributed by atoms with Gasteiger partial charge in [0.05, 0.1) is 12.2 Å². The Balaban J connectivity index is 1.88. The Bertz CT molecular complexity index is 1030. The number of carbonyl (C=O) groups excluding carboxylic acids is 2. The van der Waals surface area contributed by atoms with Gasteiger partial charge >= 0.3 is 11.5 Å². The Morgan fingerprint density at radius 1 is 1.12 bits per heavy atom. The Labute approximate surface area is 187 Å². The van der Waals surface area contributed by atoms with Gasteiger partial charge in [-0.05, 0) is 69.8 Å². The molecule has 1 fully saturated rings. The molecule has 1 aliphatic rings. The number of anilines is 2. The zero-order valence-corrected chi connectivity index (χ0v) is 18.6. The largest absolute Gasteiger partial charge is 0.446 e. The molecule has 3 rings (SSSR count). The fourth-order valence-electron chi connectivity index (χ4n) is 3.28. The van der Waals surface area contributed by atoms with Crippen molar-refractivity contribution in [2.24, 2.45) is 0 Å². The van der Waals surface area contributed by atoms with Crippen molar-refractivity contribution in [3.63, 3.8) is 0 Å². The highest BCUT2D eigenvalue weighted by atomic mass is 32.2. The van der Waals surface area contributed by atoms with Crippen LogP contribution in [0.3, 0.4) is 0 Å². The van der Waals surface area contributed by atoms with Crippen molar-refractivity contribution >= 4 is 35.2 Å². The van der Waals surface area contributed by atoms with Gasteiger partial charge in [0.2, 0.25) is 0 Å². The van der Waals surface area contributed by atoms with Crippen molar-refractivity contribution in [2.45, 2.75) is 56.2 Å². The van der Waals surface area contributed by atoms with Gasteiger partial charge in [-0.15, -0.1) is 0 Å². The molecule has 1 aliphatic heterocycles. The lowest BCUT2D eigenvalue weighted by molar-refractivity contribution is -0.123. The molecule has 0 saturated carbocycles. The summed E-state index contributed by atoms with van der Waals surface area (Å²) in [6, 6.07) is 5.62. The summed E-state index contributed by atoms with van der Waals surface area (Å²) in [4.78, 5) is 32.2. The highest BCUT2D eigenvalue weighted by Crippen LogP contribution is 2.39. The first-order valence-electron chi connectivity index (χ1n) is 9.73. The first kappa shape index (κ1) is 23.8. The number of amides is 3. The van der Waals surface area contributed by atoms with Crippen LogP contribution in [0.15, 0.2) is 41.4 Å². The summed E-state index contributed by atoms with van der Waals surface area (Å²) in [5.74, 6) is -1.14. The first-order chi connectivity index (χ1) is 14.8. The molecule has 0 bridgehead atoms. The van der Waals surface area contributed by atoms with Crippen LogP contribution < -0.4 is 10.2 Å². The third kappa shape index (κ3) is 4.82. The molecule has 2 heterocycles. The second-order valence-corrected chi connectivity index (χ2v) is 9.18. The maximum absolute atomic E-state index is 14.9. The number of hydrogen-bond acceptors (Lipinski definition) is 5. The molecule has 1 saturated heterocycles. The fraction of sp³-hybridized carbons (Fsp3) is 0.381. The molecule has 0 radical (unpaired) electrons. The number of hydrogen-bond donors (Lipinski definition) is 1. The SMILES string of the molecule is CC(C)Nc1nccc(CN2C(=O)N(c3ccc(SC(F)(F)F)cc3)C(=O)C2(C)C)c1F. The average Bonchev–Trinajstić information content (AvgIpc) is 2.83. The van der Waals surface area contributed by atoms with E-state index < -0.39 is 28.8 Å². The number of thioether (sulfide) groups is 1. The van der Waals surface area contributed by atoms with E-state index in [0.717, 1.165) is 4.90 Å². The van der Waals surface area contributed by atoms with E-state index in [2.05, 4.69) is 10.3 Å². The predicted molar refractivity (Wildman–Crippen MR) is 114 cm³/mol. The minimum Gasteiger partial charge on any atom is -0.365 e. The van der Waals surface area contributed by atoms with E-state index in [1.807, 2.05) is 13.8 Å².